The molecule has 0 bridgehead atoms. The summed E-state index contributed by atoms with van der Waals surface area (Å²) < 4.78 is 26.2. The van der Waals surface area contributed by atoms with Crippen LogP contribution in [0.15, 0.2) is 18.2 Å². The predicted molar refractivity (Wildman–Crippen MR) is 58.8 cm³/mol. The smallest absolute Gasteiger partial charge is 0.307 e. The monoisotopic (exact) mass is 255 g/mol. The number of amides is 1. The van der Waals surface area contributed by atoms with Gasteiger partial charge in [-0.1, -0.05) is 6.07 Å². The molecule has 1 amide bonds. The zero-order chi connectivity index (χ0) is 13.3. The largest absolute Gasteiger partial charge is 0.481 e. The van der Waals surface area contributed by atoms with Crippen molar-refractivity contribution in [3.05, 3.63) is 29.8 Å². The number of carbonyl (C=O) groups excluding carboxylic acids is 1. The van der Waals surface area contributed by atoms with E-state index in [9.17, 15) is 18.4 Å². The molecule has 1 aliphatic carbocycles. The van der Waals surface area contributed by atoms with Crippen LogP contribution in [0.2, 0.25) is 0 Å². The minimum absolute atomic E-state index is 0.268. The number of rotatable bonds is 3. The van der Waals surface area contributed by atoms with E-state index in [2.05, 4.69) is 5.32 Å². The molecule has 1 aromatic carbocycles. The minimum atomic E-state index is -1.14. The highest BCUT2D eigenvalue weighted by Crippen LogP contribution is 2.35. The molecule has 0 radical (unpaired) electrons. The summed E-state index contributed by atoms with van der Waals surface area (Å²) >= 11 is 0. The van der Waals surface area contributed by atoms with Gasteiger partial charge < -0.3 is 10.4 Å². The van der Waals surface area contributed by atoms with Gasteiger partial charge in [0.05, 0.1) is 17.5 Å². The topological polar surface area (TPSA) is 66.4 Å². The summed E-state index contributed by atoms with van der Waals surface area (Å²) in [6, 6.07) is 3.43. The van der Waals surface area contributed by atoms with E-state index in [4.69, 9.17) is 5.11 Å². The van der Waals surface area contributed by atoms with E-state index >= 15 is 0 Å². The predicted octanol–water partition coefficient (Wildman–Crippen LogP) is 2.01. The van der Waals surface area contributed by atoms with Gasteiger partial charge in [-0.3, -0.25) is 9.59 Å². The molecular weight excluding hydrogens is 244 g/mol. The molecule has 18 heavy (non-hydrogen) atoms. The van der Waals surface area contributed by atoms with Crippen LogP contribution in [-0.2, 0) is 9.59 Å². The Morgan fingerprint density at radius 1 is 1.22 bits per heavy atom. The summed E-state index contributed by atoms with van der Waals surface area (Å²) in [4.78, 5) is 22.5. The van der Waals surface area contributed by atoms with Crippen LogP contribution in [0.5, 0.6) is 0 Å². The first-order chi connectivity index (χ1) is 8.50. The van der Waals surface area contributed by atoms with Crippen LogP contribution in [0.1, 0.15) is 12.8 Å². The molecule has 2 rings (SSSR count). The van der Waals surface area contributed by atoms with E-state index in [1.165, 1.54) is 12.1 Å². The first-order valence-corrected chi connectivity index (χ1v) is 5.48. The Balaban J connectivity index is 2.08. The molecule has 0 saturated heterocycles. The second-order valence-corrected chi connectivity index (χ2v) is 4.22. The van der Waals surface area contributed by atoms with Crippen LogP contribution in [0.25, 0.3) is 0 Å². The van der Waals surface area contributed by atoms with Crippen molar-refractivity contribution < 1.29 is 23.5 Å². The molecule has 96 valence electrons. The number of benzene rings is 1. The highest BCUT2D eigenvalue weighted by atomic mass is 19.2. The highest BCUT2D eigenvalue weighted by molar-refractivity contribution is 5.96. The number of carboxylic acids is 1. The van der Waals surface area contributed by atoms with E-state index in [-0.39, 0.29) is 5.69 Å². The lowest BCUT2D eigenvalue weighted by Crippen LogP contribution is -2.41. The highest BCUT2D eigenvalue weighted by Gasteiger charge is 2.41. The lowest BCUT2D eigenvalue weighted by molar-refractivity contribution is -0.151. The van der Waals surface area contributed by atoms with Gasteiger partial charge in [-0.05, 0) is 25.0 Å². The maximum atomic E-state index is 13.3. The Labute approximate surface area is 102 Å². The van der Waals surface area contributed by atoms with E-state index in [0.29, 0.717) is 12.8 Å². The normalized spacial score (nSPS) is 22.1. The number of halogens is 2. The lowest BCUT2D eigenvalue weighted by atomic mass is 9.73. The molecule has 1 aliphatic rings. The van der Waals surface area contributed by atoms with E-state index in [0.717, 1.165) is 6.07 Å². The van der Waals surface area contributed by atoms with Crippen LogP contribution < -0.4 is 5.32 Å². The van der Waals surface area contributed by atoms with Crippen LogP contribution in [0, 0.1) is 23.5 Å². The van der Waals surface area contributed by atoms with Crippen molar-refractivity contribution in [2.45, 2.75) is 12.8 Å². The van der Waals surface area contributed by atoms with Gasteiger partial charge in [0, 0.05) is 0 Å². The fraction of sp³-hybridized carbons (Fsp3) is 0.333. The molecule has 1 aromatic rings. The zero-order valence-corrected chi connectivity index (χ0v) is 9.32. The van der Waals surface area contributed by atoms with Crippen LogP contribution >= 0.6 is 0 Å². The maximum absolute atomic E-state index is 13.3. The number of carbonyl (C=O) groups is 2. The van der Waals surface area contributed by atoms with Crippen LogP contribution in [0.3, 0.4) is 0 Å². The van der Waals surface area contributed by atoms with Crippen molar-refractivity contribution in [2.24, 2.45) is 11.8 Å². The number of carboxylic acid groups (broad SMARTS) is 1. The summed E-state index contributed by atoms with van der Waals surface area (Å²) in [7, 11) is 0. The molecule has 0 heterocycles. The molecule has 2 N–H and O–H groups in total. The Morgan fingerprint density at radius 2 is 1.89 bits per heavy atom. The van der Waals surface area contributed by atoms with Crippen molar-refractivity contribution in [1.29, 1.82) is 0 Å². The fourth-order valence-electron chi connectivity index (χ4n) is 1.94. The average molecular weight is 255 g/mol. The van der Waals surface area contributed by atoms with E-state index < -0.39 is 35.3 Å². The molecule has 4 nitrogen and oxygen atoms in total. The van der Waals surface area contributed by atoms with E-state index in [1.54, 1.807) is 0 Å². The van der Waals surface area contributed by atoms with Gasteiger partial charge in [0.25, 0.3) is 0 Å². The number of hydrogen-bond acceptors (Lipinski definition) is 2. The molecule has 0 aliphatic heterocycles. The lowest BCUT2D eigenvalue weighted by Gasteiger charge is -2.31. The quantitative estimate of drug-likeness (QED) is 0.868. The Bertz CT molecular complexity index is 504. The first-order valence-electron chi connectivity index (χ1n) is 5.48. The maximum Gasteiger partial charge on any atom is 0.307 e. The third kappa shape index (κ3) is 2.18. The van der Waals surface area contributed by atoms with Gasteiger partial charge in [0.1, 0.15) is 0 Å². The summed E-state index contributed by atoms with van der Waals surface area (Å²) in [6.45, 7) is 0. The molecule has 6 heteroatoms. The van der Waals surface area contributed by atoms with Gasteiger partial charge in [-0.15, -0.1) is 0 Å². The molecule has 0 aromatic heterocycles. The second-order valence-electron chi connectivity index (χ2n) is 4.22. The third-order valence-corrected chi connectivity index (χ3v) is 3.14. The molecule has 2 atom stereocenters. The van der Waals surface area contributed by atoms with Gasteiger partial charge in [0.15, 0.2) is 11.6 Å². The van der Waals surface area contributed by atoms with Gasteiger partial charge in [0.2, 0.25) is 5.91 Å². The molecule has 2 unspecified atom stereocenters. The molecule has 0 spiro atoms. The fourth-order valence-corrected chi connectivity index (χ4v) is 1.94. The molecular formula is C12H11F2NO3. The number of aliphatic carboxylic acids is 1. The number of hydrogen-bond donors (Lipinski definition) is 2. The number of nitrogens with one attached hydrogen (secondary N) is 1. The minimum Gasteiger partial charge on any atom is -0.481 e. The van der Waals surface area contributed by atoms with Crippen LogP contribution in [0.4, 0.5) is 14.5 Å². The number of anilines is 1. The van der Waals surface area contributed by atoms with Crippen molar-refractivity contribution in [2.75, 3.05) is 5.32 Å². The summed E-state index contributed by atoms with van der Waals surface area (Å²) in [6.07, 6.45) is 0.874. The zero-order valence-electron chi connectivity index (χ0n) is 9.32. The van der Waals surface area contributed by atoms with Gasteiger partial charge >= 0.3 is 5.97 Å². The Kier molecular flexibility index (Phi) is 3.27. The molecule has 1 fully saturated rings. The average Bonchev–Trinajstić information content (AvgIpc) is 2.22. The molecule has 1 saturated carbocycles. The van der Waals surface area contributed by atoms with Crippen molar-refractivity contribution >= 4 is 17.6 Å². The summed E-state index contributed by atoms with van der Waals surface area (Å²) in [5, 5.41) is 11.0. The van der Waals surface area contributed by atoms with Crippen molar-refractivity contribution in [1.82, 2.24) is 0 Å². The van der Waals surface area contributed by atoms with Crippen molar-refractivity contribution in [3.63, 3.8) is 0 Å². The second kappa shape index (κ2) is 4.72. The summed E-state index contributed by atoms with van der Waals surface area (Å²) in [5.41, 5.74) is -0.268. The third-order valence-electron chi connectivity index (χ3n) is 3.14. The first kappa shape index (κ1) is 12.5. The Morgan fingerprint density at radius 3 is 2.44 bits per heavy atom. The van der Waals surface area contributed by atoms with Crippen LogP contribution in [-0.4, -0.2) is 17.0 Å². The van der Waals surface area contributed by atoms with Gasteiger partial charge in [-0.25, -0.2) is 8.78 Å². The van der Waals surface area contributed by atoms with Gasteiger partial charge in [-0.2, -0.15) is 0 Å². The Hall–Kier alpha value is -1.98. The van der Waals surface area contributed by atoms with Crippen molar-refractivity contribution in [3.8, 4) is 0 Å². The summed E-state index contributed by atoms with van der Waals surface area (Å²) in [5.74, 6) is -5.24. The standard InChI is InChI=1S/C12H11F2NO3/c13-8-2-1-3-9(10(8)14)15-11(16)6-4-5-7(6)12(17)18/h1-3,6-7H,4-5H2,(H,15,16)(H,17,18). The SMILES string of the molecule is O=C(O)C1CCC1C(=O)Nc1cccc(F)c1F. The van der Waals surface area contributed by atoms with E-state index in [1.807, 2.05) is 0 Å².